The summed E-state index contributed by atoms with van der Waals surface area (Å²) in [4.78, 5) is 79.8. The lowest BCUT2D eigenvalue weighted by atomic mass is 10.1. The van der Waals surface area contributed by atoms with Crippen LogP contribution < -0.4 is 49.1 Å². The normalized spacial score (nSPS) is 11.2. The van der Waals surface area contributed by atoms with Crippen molar-refractivity contribution in [3.05, 3.63) is 87.0 Å². The van der Waals surface area contributed by atoms with Gasteiger partial charge in [0.2, 0.25) is 5.75 Å². The number of nitrogens with zero attached hydrogens (tertiary/aromatic N) is 1. The molecule has 0 aliphatic carbocycles. The standard InChI is InChI=1S/C55H72N4O19/c1-34-17-18-42(76-26-25-73-24-23-72-22-21-67-8)38(27-34)56-51(62)35-28-39(46(70-11)31-43(35)68-9)57-52(63)36-29-40(58-53(64)37-30-41(59(65)66)48(71-12)32-44(37)69-10)47(75-20-14-16-50(61)78-55(5,6)7)33-45(36)74-19-13-15-49(60)77-54(2,3)4/h17-18,27-33H,13-16,19-26H2,1-12H3,(H,56,62)(H,57,63)(H,58,64). The first-order valence-electron chi connectivity index (χ1n) is 24.9. The van der Waals surface area contributed by atoms with Gasteiger partial charge >= 0.3 is 17.6 Å². The Balaban J connectivity index is 1.76. The average Bonchev–Trinajstić information content (AvgIpc) is 3.38. The van der Waals surface area contributed by atoms with Crippen LogP contribution in [0, 0.1) is 17.0 Å². The molecule has 0 aliphatic heterocycles. The number of nitro groups is 1. The van der Waals surface area contributed by atoms with Crippen LogP contribution in [0.1, 0.15) is 104 Å². The number of hydrogen-bond donors (Lipinski definition) is 3. The van der Waals surface area contributed by atoms with Crippen LogP contribution in [0.3, 0.4) is 0 Å². The van der Waals surface area contributed by atoms with E-state index >= 15 is 0 Å². The van der Waals surface area contributed by atoms with Crippen molar-refractivity contribution in [1.82, 2.24) is 0 Å². The zero-order valence-electron chi connectivity index (χ0n) is 46.4. The summed E-state index contributed by atoms with van der Waals surface area (Å²) in [5.41, 5.74) is -1.50. The number of anilines is 3. The second-order valence-corrected chi connectivity index (χ2v) is 19.1. The van der Waals surface area contributed by atoms with Crippen LogP contribution in [0.4, 0.5) is 22.7 Å². The minimum Gasteiger partial charge on any atom is -0.496 e. The highest BCUT2D eigenvalue weighted by Crippen LogP contribution is 2.40. The van der Waals surface area contributed by atoms with Crippen molar-refractivity contribution in [2.45, 2.75) is 85.4 Å². The highest BCUT2D eigenvalue weighted by Gasteiger charge is 2.28. The molecule has 0 aliphatic rings. The molecule has 0 saturated heterocycles. The number of nitrogens with one attached hydrogen (secondary N) is 3. The molecule has 426 valence electrons. The smallest absolute Gasteiger partial charge is 0.311 e. The maximum Gasteiger partial charge on any atom is 0.311 e. The quantitative estimate of drug-likeness (QED) is 0.0184. The fourth-order valence-corrected chi connectivity index (χ4v) is 7.14. The Bertz CT molecular complexity index is 2710. The second kappa shape index (κ2) is 30.2. The summed E-state index contributed by atoms with van der Waals surface area (Å²) in [6.45, 7) is 14.1. The highest BCUT2D eigenvalue weighted by atomic mass is 16.6. The van der Waals surface area contributed by atoms with Crippen molar-refractivity contribution in [1.29, 1.82) is 0 Å². The number of benzene rings is 4. The van der Waals surface area contributed by atoms with Gasteiger partial charge in [0.1, 0.15) is 52.3 Å². The van der Waals surface area contributed by atoms with Crippen LogP contribution in [-0.2, 0) is 33.3 Å². The van der Waals surface area contributed by atoms with Gasteiger partial charge in [0.05, 0.1) is 113 Å². The fraction of sp³-hybridized carbons (Fsp3) is 0.473. The first-order valence-corrected chi connectivity index (χ1v) is 24.9. The Hall–Kier alpha value is -7.89. The minimum atomic E-state index is -0.920. The molecule has 0 radical (unpaired) electrons. The van der Waals surface area contributed by atoms with E-state index in [9.17, 15) is 34.1 Å². The summed E-state index contributed by atoms with van der Waals surface area (Å²) < 4.78 is 67.1. The SMILES string of the molecule is COCCOCCOCCOc1ccc(C)cc1NC(=O)c1cc(NC(=O)c2cc(NC(=O)c3cc([N+](=O)[O-])c(OC)cc3OC)c(OCCCC(=O)OC(C)(C)C)cc2OCCCC(=O)OC(C)(C)C)c(OC)cc1OC. The number of ether oxygens (including phenoxy) is 12. The number of rotatable bonds is 31. The van der Waals surface area contributed by atoms with Crippen LogP contribution in [0.25, 0.3) is 0 Å². The van der Waals surface area contributed by atoms with Gasteiger partial charge in [0.15, 0.2) is 0 Å². The van der Waals surface area contributed by atoms with Crippen molar-refractivity contribution in [2.75, 3.05) is 104 Å². The second-order valence-electron chi connectivity index (χ2n) is 19.1. The number of carbonyl (C=O) groups excluding carboxylic acids is 5. The molecule has 0 aromatic heterocycles. The van der Waals surface area contributed by atoms with E-state index in [1.807, 2.05) is 13.0 Å². The molecule has 23 nitrogen and oxygen atoms in total. The Morgan fingerprint density at radius 2 is 0.885 bits per heavy atom. The molecule has 0 fully saturated rings. The van der Waals surface area contributed by atoms with Gasteiger partial charge in [0.25, 0.3) is 17.7 Å². The summed E-state index contributed by atoms with van der Waals surface area (Å²) in [7, 11) is 6.77. The molecule has 0 atom stereocenters. The van der Waals surface area contributed by atoms with Crippen LogP contribution in [0.2, 0.25) is 0 Å². The van der Waals surface area contributed by atoms with Crippen molar-refractivity contribution in [2.24, 2.45) is 0 Å². The summed E-state index contributed by atoms with van der Waals surface area (Å²) in [6.07, 6.45) is 0.226. The molecule has 3 amide bonds. The number of aryl methyl sites for hydroxylation is 1. The maximum absolute atomic E-state index is 14.8. The van der Waals surface area contributed by atoms with E-state index in [1.54, 1.807) is 60.8 Å². The topological polar surface area (TPSA) is 275 Å². The van der Waals surface area contributed by atoms with Gasteiger partial charge in [-0.15, -0.1) is 0 Å². The molecule has 0 heterocycles. The Morgan fingerprint density at radius 1 is 0.474 bits per heavy atom. The average molecular weight is 1090 g/mol. The third-order valence-electron chi connectivity index (χ3n) is 10.6. The molecule has 4 rings (SSSR count). The molecule has 0 bridgehead atoms. The van der Waals surface area contributed by atoms with Gasteiger partial charge in [0, 0.05) is 44.2 Å². The Labute approximate surface area is 453 Å². The van der Waals surface area contributed by atoms with Crippen molar-refractivity contribution >= 4 is 52.4 Å². The van der Waals surface area contributed by atoms with Gasteiger partial charge in [-0.25, -0.2) is 0 Å². The molecule has 0 saturated carbocycles. The first kappa shape index (κ1) is 62.6. The van der Waals surface area contributed by atoms with Crippen molar-refractivity contribution < 1.29 is 85.7 Å². The van der Waals surface area contributed by atoms with Crippen LogP contribution >= 0.6 is 0 Å². The fourth-order valence-electron chi connectivity index (χ4n) is 7.14. The number of esters is 2. The van der Waals surface area contributed by atoms with E-state index in [0.29, 0.717) is 37.9 Å². The highest BCUT2D eigenvalue weighted by molar-refractivity contribution is 6.12. The van der Waals surface area contributed by atoms with Gasteiger partial charge < -0.3 is 72.8 Å². The third kappa shape index (κ3) is 19.9. The summed E-state index contributed by atoms with van der Waals surface area (Å²) >= 11 is 0. The van der Waals surface area contributed by atoms with Gasteiger partial charge in [-0.2, -0.15) is 0 Å². The summed E-state index contributed by atoms with van der Waals surface area (Å²) in [5.74, 6) is -3.27. The number of hydrogen-bond acceptors (Lipinski definition) is 19. The van der Waals surface area contributed by atoms with E-state index in [0.717, 1.165) is 11.6 Å². The van der Waals surface area contributed by atoms with Gasteiger partial charge in [-0.05, 0) is 91.1 Å². The number of amides is 3. The summed E-state index contributed by atoms with van der Waals surface area (Å²) in [6, 6.07) is 12.7. The predicted octanol–water partition coefficient (Wildman–Crippen LogP) is 8.75. The van der Waals surface area contributed by atoms with E-state index in [2.05, 4.69) is 16.0 Å². The van der Waals surface area contributed by atoms with Crippen molar-refractivity contribution in [3.8, 4) is 40.2 Å². The van der Waals surface area contributed by atoms with E-state index in [-0.39, 0.29) is 115 Å². The molecule has 4 aromatic rings. The van der Waals surface area contributed by atoms with Crippen LogP contribution in [-0.4, -0.2) is 134 Å². The van der Waals surface area contributed by atoms with Gasteiger partial charge in [-0.1, -0.05) is 6.07 Å². The Morgan fingerprint density at radius 3 is 1.37 bits per heavy atom. The maximum atomic E-state index is 14.8. The zero-order chi connectivity index (χ0) is 57.6. The largest absolute Gasteiger partial charge is 0.496 e. The van der Waals surface area contributed by atoms with Crippen LogP contribution in [0.15, 0.2) is 54.6 Å². The van der Waals surface area contributed by atoms with E-state index < -0.39 is 51.5 Å². The first-order chi connectivity index (χ1) is 37.0. The van der Waals surface area contributed by atoms with Gasteiger partial charge in [-0.3, -0.25) is 34.1 Å². The number of nitro benzene ring substituents is 1. The number of methoxy groups -OCH3 is 5. The molecule has 78 heavy (non-hydrogen) atoms. The van der Waals surface area contributed by atoms with E-state index in [1.165, 1.54) is 58.8 Å². The molecule has 3 N–H and O–H groups in total. The van der Waals surface area contributed by atoms with Crippen molar-refractivity contribution in [3.63, 3.8) is 0 Å². The zero-order valence-corrected chi connectivity index (χ0v) is 46.4. The molecular weight excluding hydrogens is 1020 g/mol. The summed E-state index contributed by atoms with van der Waals surface area (Å²) in [5, 5.41) is 20.4. The molecular formula is C55H72N4O19. The van der Waals surface area contributed by atoms with Crippen LogP contribution in [0.5, 0.6) is 40.2 Å². The third-order valence-corrected chi connectivity index (χ3v) is 10.6. The molecule has 0 spiro atoms. The Kier molecular flexibility index (Phi) is 24.2. The lowest BCUT2D eigenvalue weighted by Crippen LogP contribution is -2.24. The predicted molar refractivity (Wildman–Crippen MR) is 287 cm³/mol. The van der Waals surface area contributed by atoms with E-state index in [4.69, 9.17) is 56.8 Å². The monoisotopic (exact) mass is 1090 g/mol. The minimum absolute atomic E-state index is 0.00303. The molecule has 23 heteroatoms. The lowest BCUT2D eigenvalue weighted by molar-refractivity contribution is -0.385. The lowest BCUT2D eigenvalue weighted by Gasteiger charge is -2.21. The molecule has 4 aromatic carbocycles. The molecule has 0 unspecified atom stereocenters. The number of carbonyl (C=O) groups is 5.